The van der Waals surface area contributed by atoms with Crippen LogP contribution in [-0.4, -0.2) is 21.2 Å². The van der Waals surface area contributed by atoms with Crippen LogP contribution in [0.4, 0.5) is 0 Å². The van der Waals surface area contributed by atoms with Crippen LogP contribution in [0, 0.1) is 0 Å². The van der Waals surface area contributed by atoms with E-state index < -0.39 is 0 Å². The van der Waals surface area contributed by atoms with E-state index in [0.717, 1.165) is 18.5 Å². The van der Waals surface area contributed by atoms with Gasteiger partial charge in [-0.25, -0.2) is 0 Å². The van der Waals surface area contributed by atoms with Gasteiger partial charge in [0.2, 0.25) is 0 Å². The molecule has 4 nitrogen and oxygen atoms in total. The molecule has 0 aliphatic rings. The van der Waals surface area contributed by atoms with Crippen molar-refractivity contribution in [2.75, 3.05) is 0 Å². The summed E-state index contributed by atoms with van der Waals surface area (Å²) in [6.07, 6.45) is 3.44. The van der Waals surface area contributed by atoms with Crippen LogP contribution in [0.25, 0.3) is 0 Å². The summed E-state index contributed by atoms with van der Waals surface area (Å²) in [5, 5.41) is 21.8. The molecule has 0 spiro atoms. The second-order valence-electron chi connectivity index (χ2n) is 4.99. The number of aromatic hydroxyl groups is 2. The van der Waals surface area contributed by atoms with Crippen LogP contribution < -0.4 is 5.32 Å². The van der Waals surface area contributed by atoms with Crippen LogP contribution in [0.5, 0.6) is 11.5 Å². The SMILES string of the molecule is CC(CCc1ccc(O)cc1)NCc1ccc(O)cn1. The molecule has 3 N–H and O–H groups in total. The van der Waals surface area contributed by atoms with Crippen molar-refractivity contribution in [1.82, 2.24) is 10.3 Å². The Morgan fingerprint density at radius 2 is 1.75 bits per heavy atom. The van der Waals surface area contributed by atoms with Crippen LogP contribution in [0.2, 0.25) is 0 Å². The van der Waals surface area contributed by atoms with E-state index in [0.29, 0.717) is 18.3 Å². The highest BCUT2D eigenvalue weighted by Gasteiger charge is 2.03. The first-order chi connectivity index (χ1) is 9.63. The molecule has 106 valence electrons. The van der Waals surface area contributed by atoms with Crippen molar-refractivity contribution in [3.63, 3.8) is 0 Å². The molecular formula is C16H20N2O2. The van der Waals surface area contributed by atoms with E-state index in [1.54, 1.807) is 18.2 Å². The number of nitrogens with zero attached hydrogens (tertiary/aromatic N) is 1. The molecular weight excluding hydrogens is 252 g/mol. The third kappa shape index (κ3) is 4.55. The highest BCUT2D eigenvalue weighted by Crippen LogP contribution is 2.12. The summed E-state index contributed by atoms with van der Waals surface area (Å²) in [5.74, 6) is 0.493. The van der Waals surface area contributed by atoms with Crippen LogP contribution in [-0.2, 0) is 13.0 Å². The second-order valence-corrected chi connectivity index (χ2v) is 4.99. The first-order valence-corrected chi connectivity index (χ1v) is 6.78. The first kappa shape index (κ1) is 14.3. The lowest BCUT2D eigenvalue weighted by molar-refractivity contribution is 0.470. The van der Waals surface area contributed by atoms with Crippen molar-refractivity contribution >= 4 is 0 Å². The number of benzene rings is 1. The lowest BCUT2D eigenvalue weighted by atomic mass is 10.1. The van der Waals surface area contributed by atoms with Crippen LogP contribution in [0.1, 0.15) is 24.6 Å². The van der Waals surface area contributed by atoms with Gasteiger partial charge in [0, 0.05) is 12.6 Å². The standard InChI is InChI=1S/C16H20N2O2/c1-12(2-3-13-4-7-15(19)8-5-13)17-10-14-6-9-16(20)11-18-14/h4-9,11-12,17,19-20H,2-3,10H2,1H3. The van der Waals surface area contributed by atoms with Crippen molar-refractivity contribution in [2.45, 2.75) is 32.4 Å². The summed E-state index contributed by atoms with van der Waals surface area (Å²) < 4.78 is 0. The van der Waals surface area contributed by atoms with Gasteiger partial charge < -0.3 is 15.5 Å². The van der Waals surface area contributed by atoms with Crippen LogP contribution >= 0.6 is 0 Å². The van der Waals surface area contributed by atoms with Gasteiger partial charge in [0.25, 0.3) is 0 Å². The molecule has 0 aliphatic carbocycles. The minimum atomic E-state index is 0.189. The summed E-state index contributed by atoms with van der Waals surface area (Å²) in [5.41, 5.74) is 2.14. The lowest BCUT2D eigenvalue weighted by Crippen LogP contribution is -2.26. The lowest BCUT2D eigenvalue weighted by Gasteiger charge is -2.13. The Morgan fingerprint density at radius 3 is 2.40 bits per heavy atom. The highest BCUT2D eigenvalue weighted by atomic mass is 16.3. The fourth-order valence-electron chi connectivity index (χ4n) is 1.95. The van der Waals surface area contributed by atoms with Gasteiger partial charge in [-0.1, -0.05) is 12.1 Å². The molecule has 0 amide bonds. The molecule has 1 atom stereocenters. The summed E-state index contributed by atoms with van der Waals surface area (Å²) in [7, 11) is 0. The zero-order valence-electron chi connectivity index (χ0n) is 11.6. The number of rotatable bonds is 6. The van der Waals surface area contributed by atoms with E-state index in [2.05, 4.69) is 17.2 Å². The predicted octanol–water partition coefficient (Wildman–Crippen LogP) is 2.60. The molecule has 0 saturated carbocycles. The number of phenolic OH excluding ortho intramolecular Hbond substituents is 1. The van der Waals surface area contributed by atoms with Crippen molar-refractivity contribution in [3.05, 3.63) is 53.9 Å². The smallest absolute Gasteiger partial charge is 0.133 e. The Bertz CT molecular complexity index is 474. The zero-order valence-corrected chi connectivity index (χ0v) is 11.6. The molecule has 0 fully saturated rings. The Balaban J connectivity index is 1.73. The van der Waals surface area contributed by atoms with Crippen molar-refractivity contribution in [1.29, 1.82) is 0 Å². The van der Waals surface area contributed by atoms with E-state index in [1.165, 1.54) is 11.8 Å². The van der Waals surface area contributed by atoms with Gasteiger partial charge in [-0.3, -0.25) is 4.98 Å². The van der Waals surface area contributed by atoms with Gasteiger partial charge in [-0.15, -0.1) is 0 Å². The Hall–Kier alpha value is -2.07. The van der Waals surface area contributed by atoms with Crippen molar-refractivity contribution < 1.29 is 10.2 Å². The maximum atomic E-state index is 9.23. The number of phenols is 1. The predicted molar refractivity (Wildman–Crippen MR) is 78.6 cm³/mol. The van der Waals surface area contributed by atoms with Gasteiger partial charge >= 0.3 is 0 Å². The van der Waals surface area contributed by atoms with E-state index in [1.807, 2.05) is 18.2 Å². The minimum absolute atomic E-state index is 0.189. The topological polar surface area (TPSA) is 65.4 Å². The van der Waals surface area contributed by atoms with Gasteiger partial charge in [-0.05, 0) is 49.6 Å². The number of hydrogen-bond donors (Lipinski definition) is 3. The Morgan fingerprint density at radius 1 is 1.05 bits per heavy atom. The maximum absolute atomic E-state index is 9.23. The molecule has 0 radical (unpaired) electrons. The largest absolute Gasteiger partial charge is 0.508 e. The normalized spacial score (nSPS) is 12.2. The molecule has 2 aromatic rings. The number of nitrogens with one attached hydrogen (secondary N) is 1. The average molecular weight is 272 g/mol. The van der Waals surface area contributed by atoms with E-state index >= 15 is 0 Å². The molecule has 20 heavy (non-hydrogen) atoms. The fraction of sp³-hybridized carbons (Fsp3) is 0.312. The van der Waals surface area contributed by atoms with Crippen LogP contribution in [0.15, 0.2) is 42.6 Å². The molecule has 1 unspecified atom stereocenters. The molecule has 0 bridgehead atoms. The van der Waals surface area contributed by atoms with E-state index in [-0.39, 0.29) is 5.75 Å². The fourth-order valence-corrected chi connectivity index (χ4v) is 1.95. The third-order valence-electron chi connectivity index (χ3n) is 3.24. The van der Waals surface area contributed by atoms with Gasteiger partial charge in [0.1, 0.15) is 11.5 Å². The molecule has 2 rings (SSSR count). The van der Waals surface area contributed by atoms with E-state index in [9.17, 15) is 5.11 Å². The van der Waals surface area contributed by atoms with Crippen LogP contribution in [0.3, 0.4) is 0 Å². The summed E-state index contributed by atoms with van der Waals surface area (Å²) >= 11 is 0. The van der Waals surface area contributed by atoms with E-state index in [4.69, 9.17) is 5.11 Å². The number of aromatic nitrogens is 1. The molecule has 1 aromatic carbocycles. The van der Waals surface area contributed by atoms with Gasteiger partial charge in [0.15, 0.2) is 0 Å². The average Bonchev–Trinajstić information content (AvgIpc) is 2.46. The van der Waals surface area contributed by atoms with Gasteiger partial charge in [-0.2, -0.15) is 0 Å². The Labute approximate surface area is 119 Å². The minimum Gasteiger partial charge on any atom is -0.508 e. The molecule has 4 heteroatoms. The number of aryl methyl sites for hydroxylation is 1. The molecule has 1 aromatic heterocycles. The van der Waals surface area contributed by atoms with Crippen molar-refractivity contribution in [3.8, 4) is 11.5 Å². The monoisotopic (exact) mass is 272 g/mol. The summed E-state index contributed by atoms with van der Waals surface area (Å²) in [6.45, 7) is 2.83. The quantitative estimate of drug-likeness (QED) is 0.756. The molecule has 0 saturated heterocycles. The molecule has 1 heterocycles. The van der Waals surface area contributed by atoms with Crippen molar-refractivity contribution in [2.24, 2.45) is 0 Å². The third-order valence-corrected chi connectivity index (χ3v) is 3.24. The summed E-state index contributed by atoms with van der Waals surface area (Å²) in [4.78, 5) is 4.14. The Kier molecular flexibility index (Phi) is 4.96. The first-order valence-electron chi connectivity index (χ1n) is 6.78. The second kappa shape index (κ2) is 6.91. The number of hydrogen-bond acceptors (Lipinski definition) is 4. The number of pyridine rings is 1. The maximum Gasteiger partial charge on any atom is 0.133 e. The molecule has 0 aliphatic heterocycles. The van der Waals surface area contributed by atoms with Gasteiger partial charge in [0.05, 0.1) is 11.9 Å². The highest BCUT2D eigenvalue weighted by molar-refractivity contribution is 5.26. The summed E-state index contributed by atoms with van der Waals surface area (Å²) in [6, 6.07) is 11.2. The zero-order chi connectivity index (χ0) is 14.4.